The molecule has 17 nitrogen and oxygen atoms in total. The average molecular weight is 1180 g/mol. The van der Waals surface area contributed by atoms with Crippen LogP contribution in [0.1, 0.15) is 285 Å². The summed E-state index contributed by atoms with van der Waals surface area (Å²) in [5.41, 5.74) is 0. The van der Waals surface area contributed by atoms with Crippen molar-refractivity contribution in [2.45, 2.75) is 303 Å². The summed E-state index contributed by atoms with van der Waals surface area (Å²) < 4.78 is 67.6. The first-order chi connectivity index (χ1) is 38.7. The maximum absolute atomic E-state index is 12.9. The number of aliphatic hydroxyl groups excluding tert-OH is 1. The van der Waals surface area contributed by atoms with Gasteiger partial charge in [0.25, 0.3) is 0 Å². The Hall–Kier alpha value is -2.46. The molecule has 0 aliphatic rings. The van der Waals surface area contributed by atoms with E-state index in [-0.39, 0.29) is 25.7 Å². The van der Waals surface area contributed by atoms with E-state index < -0.39 is 97.5 Å². The Morgan fingerprint density at radius 1 is 0.350 bits per heavy atom. The molecule has 0 amide bonds. The number of allylic oxidation sites excluding steroid dienone is 4. The summed E-state index contributed by atoms with van der Waals surface area (Å²) in [6.07, 6.45) is 42.7. The van der Waals surface area contributed by atoms with Gasteiger partial charge in [-0.3, -0.25) is 37.3 Å². The van der Waals surface area contributed by atoms with Crippen molar-refractivity contribution in [2.24, 2.45) is 0 Å². The third kappa shape index (κ3) is 54.8. The largest absolute Gasteiger partial charge is 0.472 e. The van der Waals surface area contributed by atoms with Crippen LogP contribution in [0.25, 0.3) is 0 Å². The zero-order chi connectivity index (χ0) is 59.1. The van der Waals surface area contributed by atoms with E-state index >= 15 is 0 Å². The second-order valence-corrected chi connectivity index (χ2v) is 24.3. The monoisotopic (exact) mass is 1180 g/mol. The standard InChI is InChI=1S/C61H114O17P2/c1-5-9-13-17-21-24-26-27-28-29-30-32-36-40-44-48-61(66)78-57(52-72-59(64)46-42-38-35-31-25-22-18-14-10-6-2)54-76-80(69,70)74-50-55(62)49-73-79(67,68)75-53-56(51-71-58(63)45-41-37-33-20-16-12-8-4)77-60(65)47-43-39-34-23-19-15-11-7-3/h24,26-28,55-57,62H,5-23,25,29-54H2,1-4H3,(H,67,68)(H,69,70)/b26-24-,28-27-/t55-,56+,57+/m0/s1. The number of esters is 4. The second kappa shape index (κ2) is 55.7. The van der Waals surface area contributed by atoms with Crippen LogP contribution in [-0.4, -0.2) is 96.7 Å². The third-order valence-corrected chi connectivity index (χ3v) is 15.4. The van der Waals surface area contributed by atoms with Crippen molar-refractivity contribution in [3.05, 3.63) is 24.3 Å². The van der Waals surface area contributed by atoms with E-state index in [2.05, 4.69) is 52.0 Å². The van der Waals surface area contributed by atoms with Crippen LogP contribution in [0.2, 0.25) is 0 Å². The lowest BCUT2D eigenvalue weighted by Crippen LogP contribution is -2.30. The Balaban J connectivity index is 5.23. The number of hydrogen-bond donors (Lipinski definition) is 3. The number of rotatable bonds is 60. The molecule has 0 aromatic heterocycles. The molecule has 3 N–H and O–H groups in total. The second-order valence-electron chi connectivity index (χ2n) is 21.4. The predicted molar refractivity (Wildman–Crippen MR) is 317 cm³/mol. The lowest BCUT2D eigenvalue weighted by molar-refractivity contribution is -0.161. The van der Waals surface area contributed by atoms with Crippen LogP contribution in [0.5, 0.6) is 0 Å². The number of carbonyl (C=O) groups is 4. The minimum absolute atomic E-state index is 0.0852. The van der Waals surface area contributed by atoms with Crippen LogP contribution in [0.3, 0.4) is 0 Å². The Labute approximate surface area is 484 Å². The van der Waals surface area contributed by atoms with Gasteiger partial charge in [0.2, 0.25) is 0 Å². The van der Waals surface area contributed by atoms with Crippen molar-refractivity contribution in [1.82, 2.24) is 0 Å². The number of phosphoric ester groups is 2. The minimum Gasteiger partial charge on any atom is -0.462 e. The number of aliphatic hydroxyl groups is 1. The molecule has 5 atom stereocenters. The first-order valence-electron chi connectivity index (χ1n) is 31.6. The fourth-order valence-electron chi connectivity index (χ4n) is 8.56. The molecule has 0 rings (SSSR count). The molecule has 0 saturated carbocycles. The van der Waals surface area contributed by atoms with Gasteiger partial charge in [-0.15, -0.1) is 0 Å². The molecule has 80 heavy (non-hydrogen) atoms. The average Bonchev–Trinajstić information content (AvgIpc) is 3.43. The van der Waals surface area contributed by atoms with E-state index in [0.717, 1.165) is 122 Å². The van der Waals surface area contributed by atoms with Crippen LogP contribution < -0.4 is 0 Å². The van der Waals surface area contributed by atoms with Gasteiger partial charge in [0.15, 0.2) is 12.2 Å². The molecule has 0 aliphatic heterocycles. The summed E-state index contributed by atoms with van der Waals surface area (Å²) in [6, 6.07) is 0. The first-order valence-corrected chi connectivity index (χ1v) is 34.6. The molecule has 2 unspecified atom stereocenters. The van der Waals surface area contributed by atoms with Crippen LogP contribution in [-0.2, 0) is 65.4 Å². The number of phosphoric acid groups is 2. The highest BCUT2D eigenvalue weighted by Crippen LogP contribution is 2.45. The molecule has 0 aromatic carbocycles. The quantitative estimate of drug-likeness (QED) is 0.0169. The summed E-state index contributed by atoms with van der Waals surface area (Å²) >= 11 is 0. The molecule has 0 spiro atoms. The Morgan fingerprint density at radius 2 is 0.600 bits per heavy atom. The molecule has 0 heterocycles. The van der Waals surface area contributed by atoms with Crippen LogP contribution >= 0.6 is 15.6 Å². The van der Waals surface area contributed by atoms with Gasteiger partial charge in [-0.05, 0) is 51.4 Å². The number of ether oxygens (including phenoxy) is 4. The van der Waals surface area contributed by atoms with E-state index in [1.54, 1.807) is 0 Å². The van der Waals surface area contributed by atoms with E-state index in [4.69, 9.17) is 37.0 Å². The highest BCUT2D eigenvalue weighted by molar-refractivity contribution is 7.47. The normalized spacial score (nSPS) is 14.4. The summed E-state index contributed by atoms with van der Waals surface area (Å²) in [5.74, 6) is -2.17. The predicted octanol–water partition coefficient (Wildman–Crippen LogP) is 16.3. The molecule has 470 valence electrons. The SMILES string of the molecule is CCCCCC/C=C\C=C/CCCCCCCC(=O)O[C@H](COC(=O)CCCCCCCCCCCC)COP(=O)(O)OC[C@@H](O)COP(=O)(O)OC[C@@H](COC(=O)CCCCCCCCC)OC(=O)CCCCCCCCCC. The van der Waals surface area contributed by atoms with Crippen molar-refractivity contribution in [1.29, 1.82) is 0 Å². The number of hydrogen-bond acceptors (Lipinski definition) is 15. The number of unbranched alkanes of at least 4 members (excludes halogenated alkanes) is 31. The van der Waals surface area contributed by atoms with Crippen molar-refractivity contribution in [3.63, 3.8) is 0 Å². The summed E-state index contributed by atoms with van der Waals surface area (Å²) in [6.45, 7) is 4.73. The Morgan fingerprint density at radius 3 is 0.912 bits per heavy atom. The molecule has 0 fully saturated rings. The van der Waals surface area contributed by atoms with Crippen LogP contribution in [0.15, 0.2) is 24.3 Å². The van der Waals surface area contributed by atoms with Gasteiger partial charge >= 0.3 is 39.5 Å². The lowest BCUT2D eigenvalue weighted by atomic mass is 10.1. The molecule has 0 bridgehead atoms. The fourth-order valence-corrected chi connectivity index (χ4v) is 10.1. The van der Waals surface area contributed by atoms with Gasteiger partial charge in [0.1, 0.15) is 19.3 Å². The molecular weight excluding hydrogens is 1070 g/mol. The van der Waals surface area contributed by atoms with Gasteiger partial charge in [-0.1, -0.05) is 232 Å². The summed E-state index contributed by atoms with van der Waals surface area (Å²) in [7, 11) is -9.88. The first kappa shape index (κ1) is 77.5. The van der Waals surface area contributed by atoms with Gasteiger partial charge < -0.3 is 33.8 Å². The van der Waals surface area contributed by atoms with E-state index in [0.29, 0.717) is 25.7 Å². The summed E-state index contributed by atoms with van der Waals surface area (Å²) in [4.78, 5) is 71.8. The Bertz CT molecular complexity index is 1640. The molecule has 0 aliphatic carbocycles. The van der Waals surface area contributed by atoms with Crippen molar-refractivity contribution < 1.29 is 80.2 Å². The minimum atomic E-state index is -4.95. The molecule has 19 heteroatoms. The van der Waals surface area contributed by atoms with Crippen LogP contribution in [0.4, 0.5) is 0 Å². The highest BCUT2D eigenvalue weighted by atomic mass is 31.2. The number of carbonyl (C=O) groups excluding carboxylic acids is 4. The fraction of sp³-hybridized carbons (Fsp3) is 0.869. The smallest absolute Gasteiger partial charge is 0.462 e. The highest BCUT2D eigenvalue weighted by Gasteiger charge is 2.30. The van der Waals surface area contributed by atoms with Gasteiger partial charge in [0.05, 0.1) is 26.4 Å². The van der Waals surface area contributed by atoms with Gasteiger partial charge in [-0.25, -0.2) is 9.13 Å². The zero-order valence-corrected chi connectivity index (χ0v) is 52.3. The van der Waals surface area contributed by atoms with E-state index in [9.17, 15) is 43.2 Å². The van der Waals surface area contributed by atoms with Gasteiger partial charge in [0, 0.05) is 25.7 Å². The van der Waals surface area contributed by atoms with Crippen LogP contribution in [0, 0.1) is 0 Å². The maximum Gasteiger partial charge on any atom is 0.472 e. The molecule has 0 saturated heterocycles. The van der Waals surface area contributed by atoms with Crippen molar-refractivity contribution in [3.8, 4) is 0 Å². The van der Waals surface area contributed by atoms with Crippen molar-refractivity contribution >= 4 is 39.5 Å². The lowest BCUT2D eigenvalue weighted by Gasteiger charge is -2.21. The van der Waals surface area contributed by atoms with Crippen molar-refractivity contribution in [2.75, 3.05) is 39.6 Å². The van der Waals surface area contributed by atoms with Gasteiger partial charge in [-0.2, -0.15) is 0 Å². The Kier molecular flexibility index (Phi) is 54.0. The third-order valence-electron chi connectivity index (χ3n) is 13.5. The maximum atomic E-state index is 12.9. The van der Waals surface area contributed by atoms with E-state index in [1.807, 2.05) is 0 Å². The topological polar surface area (TPSA) is 237 Å². The zero-order valence-electron chi connectivity index (χ0n) is 50.5. The molecule has 0 aromatic rings. The molecule has 0 radical (unpaired) electrons. The van der Waals surface area contributed by atoms with E-state index in [1.165, 1.54) is 83.5 Å². The molecular formula is C61H114O17P2. The summed E-state index contributed by atoms with van der Waals surface area (Å²) in [5, 5.41) is 10.5.